The largest absolute Gasteiger partial charge is 0.504 e. The van der Waals surface area contributed by atoms with E-state index >= 15 is 0 Å². The summed E-state index contributed by atoms with van der Waals surface area (Å²) < 4.78 is 5.94. The second kappa shape index (κ2) is 7.67. The van der Waals surface area contributed by atoms with Crippen LogP contribution in [0, 0.1) is 6.92 Å². The molecule has 4 N–H and O–H groups in total. The lowest BCUT2D eigenvalue weighted by atomic mass is 10.1. The maximum absolute atomic E-state index is 12.8. The lowest BCUT2D eigenvalue weighted by Crippen LogP contribution is -2.26. The topological polar surface area (TPSA) is 106 Å². The molecule has 0 bridgehead atoms. The summed E-state index contributed by atoms with van der Waals surface area (Å²) in [6.45, 7) is 5.70. The zero-order valence-electron chi connectivity index (χ0n) is 16.2. The molecule has 0 saturated carbocycles. The molecule has 0 unspecified atom stereocenters. The first-order chi connectivity index (χ1) is 13.9. The minimum atomic E-state index is -0.542. The molecule has 1 aliphatic heterocycles. The Balaban J connectivity index is 1.76. The Hall–Kier alpha value is -3.19. The molecule has 29 heavy (non-hydrogen) atoms. The van der Waals surface area contributed by atoms with E-state index < -0.39 is 11.2 Å². The first kappa shape index (κ1) is 19.1. The molecule has 3 aromatic rings. The molecule has 1 aromatic heterocycles. The van der Waals surface area contributed by atoms with E-state index in [9.17, 15) is 20.1 Å². The Morgan fingerprint density at radius 3 is 2.55 bits per heavy atom. The molecule has 0 radical (unpaired) electrons. The molecular formula is C22H24N2O5. The van der Waals surface area contributed by atoms with E-state index in [1.54, 1.807) is 6.07 Å². The average Bonchev–Trinajstić information content (AvgIpc) is 3.21. The van der Waals surface area contributed by atoms with Crippen molar-refractivity contribution in [2.24, 2.45) is 0 Å². The van der Waals surface area contributed by atoms with Crippen LogP contribution in [0.25, 0.3) is 22.3 Å². The summed E-state index contributed by atoms with van der Waals surface area (Å²) in [6, 6.07) is 7.58. The van der Waals surface area contributed by atoms with Crippen LogP contribution in [0.3, 0.4) is 0 Å². The van der Waals surface area contributed by atoms with Crippen molar-refractivity contribution in [3.05, 3.63) is 46.1 Å². The van der Waals surface area contributed by atoms with Crippen LogP contribution in [0.5, 0.6) is 17.2 Å². The van der Waals surface area contributed by atoms with Gasteiger partial charge in [-0.25, -0.2) is 0 Å². The second-order valence-corrected chi connectivity index (χ2v) is 7.48. The van der Waals surface area contributed by atoms with Crippen molar-refractivity contribution in [3.63, 3.8) is 0 Å². The van der Waals surface area contributed by atoms with E-state index in [4.69, 9.17) is 4.42 Å². The van der Waals surface area contributed by atoms with Crippen LogP contribution in [0.1, 0.15) is 18.4 Å². The highest BCUT2D eigenvalue weighted by Gasteiger charge is 2.19. The SMILES string of the molecule is Cc1cc(NCCN2CCCC2)c2oc(-c3ccc(O)c(O)c3)c(O)c(=O)c2c1. The van der Waals surface area contributed by atoms with Crippen LogP contribution in [0.2, 0.25) is 0 Å². The van der Waals surface area contributed by atoms with E-state index in [1.807, 2.05) is 13.0 Å². The standard InChI is InChI=1S/C22H24N2O5/c1-13-10-15-19(27)20(28)21(14-4-5-17(25)18(26)12-14)29-22(15)16(11-13)23-6-9-24-7-2-3-8-24/h4-5,10-12,23,25-26,28H,2-3,6-9H2,1H3. The molecule has 0 spiro atoms. The van der Waals surface area contributed by atoms with Gasteiger partial charge in [-0.05, 0) is 68.8 Å². The third-order valence-corrected chi connectivity index (χ3v) is 5.29. The number of aromatic hydroxyl groups is 3. The maximum Gasteiger partial charge on any atom is 0.235 e. The van der Waals surface area contributed by atoms with Crippen molar-refractivity contribution in [2.75, 3.05) is 31.5 Å². The fraction of sp³-hybridized carbons (Fsp3) is 0.318. The van der Waals surface area contributed by atoms with Crippen molar-refractivity contribution >= 4 is 16.7 Å². The number of benzene rings is 2. The van der Waals surface area contributed by atoms with Gasteiger partial charge in [-0.3, -0.25) is 4.79 Å². The summed E-state index contributed by atoms with van der Waals surface area (Å²) in [4.78, 5) is 15.2. The van der Waals surface area contributed by atoms with Gasteiger partial charge in [-0.1, -0.05) is 0 Å². The second-order valence-electron chi connectivity index (χ2n) is 7.48. The highest BCUT2D eigenvalue weighted by molar-refractivity contribution is 5.92. The number of aryl methyl sites for hydroxylation is 1. The first-order valence-electron chi connectivity index (χ1n) is 9.73. The van der Waals surface area contributed by atoms with Gasteiger partial charge in [0.2, 0.25) is 11.2 Å². The highest BCUT2D eigenvalue weighted by Crippen LogP contribution is 2.37. The fourth-order valence-corrected chi connectivity index (χ4v) is 3.78. The summed E-state index contributed by atoms with van der Waals surface area (Å²) in [7, 11) is 0. The van der Waals surface area contributed by atoms with Gasteiger partial charge < -0.3 is 30.0 Å². The molecule has 2 heterocycles. The zero-order valence-corrected chi connectivity index (χ0v) is 16.2. The Labute approximate surface area is 167 Å². The van der Waals surface area contributed by atoms with Crippen LogP contribution in [0.15, 0.2) is 39.5 Å². The molecule has 0 aliphatic carbocycles. The fourth-order valence-electron chi connectivity index (χ4n) is 3.78. The smallest absolute Gasteiger partial charge is 0.235 e. The third kappa shape index (κ3) is 3.73. The molecule has 2 aromatic carbocycles. The van der Waals surface area contributed by atoms with E-state index in [1.165, 1.54) is 31.0 Å². The highest BCUT2D eigenvalue weighted by atomic mass is 16.4. The predicted octanol–water partition coefficient (Wildman–Crippen LogP) is 3.39. The zero-order chi connectivity index (χ0) is 20.5. The van der Waals surface area contributed by atoms with Gasteiger partial charge in [0, 0.05) is 18.7 Å². The lowest BCUT2D eigenvalue weighted by Gasteiger charge is -2.16. The minimum absolute atomic E-state index is 0.0516. The minimum Gasteiger partial charge on any atom is -0.504 e. The Bertz CT molecular complexity index is 1120. The molecule has 1 fully saturated rings. The molecule has 7 heteroatoms. The monoisotopic (exact) mass is 396 g/mol. The number of nitrogens with one attached hydrogen (secondary N) is 1. The lowest BCUT2D eigenvalue weighted by molar-refractivity contribution is 0.352. The van der Waals surface area contributed by atoms with Crippen molar-refractivity contribution in [1.29, 1.82) is 0 Å². The molecular weight excluding hydrogens is 372 g/mol. The Morgan fingerprint density at radius 2 is 1.83 bits per heavy atom. The maximum atomic E-state index is 12.8. The molecule has 0 amide bonds. The van der Waals surface area contributed by atoms with E-state index in [0.29, 0.717) is 23.4 Å². The van der Waals surface area contributed by atoms with Crippen molar-refractivity contribution in [2.45, 2.75) is 19.8 Å². The summed E-state index contributed by atoms with van der Waals surface area (Å²) in [5.74, 6) is -1.24. The van der Waals surface area contributed by atoms with Crippen LogP contribution < -0.4 is 10.7 Å². The Kier molecular flexibility index (Phi) is 5.07. The van der Waals surface area contributed by atoms with Gasteiger partial charge in [0.15, 0.2) is 22.8 Å². The van der Waals surface area contributed by atoms with Crippen molar-refractivity contribution in [3.8, 4) is 28.6 Å². The van der Waals surface area contributed by atoms with Gasteiger partial charge in [0.1, 0.15) is 0 Å². The van der Waals surface area contributed by atoms with Crippen LogP contribution in [0.4, 0.5) is 5.69 Å². The summed E-state index contributed by atoms with van der Waals surface area (Å²) >= 11 is 0. The number of hydrogen-bond donors (Lipinski definition) is 4. The third-order valence-electron chi connectivity index (χ3n) is 5.29. The predicted molar refractivity (Wildman–Crippen MR) is 112 cm³/mol. The van der Waals surface area contributed by atoms with Gasteiger partial charge in [-0.15, -0.1) is 0 Å². The summed E-state index contributed by atoms with van der Waals surface area (Å²) in [6.07, 6.45) is 2.45. The quantitative estimate of drug-likeness (QED) is 0.490. The average molecular weight is 396 g/mol. The summed E-state index contributed by atoms with van der Waals surface area (Å²) in [5, 5.41) is 33.4. The number of phenols is 2. The van der Waals surface area contributed by atoms with Crippen molar-refractivity contribution in [1.82, 2.24) is 4.90 Å². The van der Waals surface area contributed by atoms with Gasteiger partial charge in [-0.2, -0.15) is 0 Å². The molecule has 1 aliphatic rings. The van der Waals surface area contributed by atoms with Gasteiger partial charge in [0.25, 0.3) is 0 Å². The normalized spacial score (nSPS) is 14.5. The molecule has 0 atom stereocenters. The van der Waals surface area contributed by atoms with E-state index in [2.05, 4.69) is 10.2 Å². The van der Waals surface area contributed by atoms with E-state index in [-0.39, 0.29) is 22.6 Å². The molecule has 4 rings (SSSR count). The number of phenolic OH excluding ortho intramolecular Hbond substituents is 2. The molecule has 1 saturated heterocycles. The molecule has 152 valence electrons. The molecule has 7 nitrogen and oxygen atoms in total. The number of rotatable bonds is 5. The van der Waals surface area contributed by atoms with Crippen LogP contribution >= 0.6 is 0 Å². The number of fused-ring (bicyclic) bond motifs is 1. The first-order valence-corrected chi connectivity index (χ1v) is 9.73. The number of hydrogen-bond acceptors (Lipinski definition) is 7. The van der Waals surface area contributed by atoms with Gasteiger partial charge in [0.05, 0.1) is 11.1 Å². The number of anilines is 1. The Morgan fingerprint density at radius 1 is 1.07 bits per heavy atom. The summed E-state index contributed by atoms with van der Waals surface area (Å²) in [5.41, 5.74) is 1.66. The number of likely N-dealkylation sites (tertiary alicyclic amines) is 1. The van der Waals surface area contributed by atoms with Crippen molar-refractivity contribution < 1.29 is 19.7 Å². The van der Waals surface area contributed by atoms with E-state index in [0.717, 1.165) is 25.2 Å². The van der Waals surface area contributed by atoms with Crippen LogP contribution in [-0.4, -0.2) is 46.4 Å². The van der Waals surface area contributed by atoms with Gasteiger partial charge >= 0.3 is 0 Å². The number of nitrogens with zero attached hydrogens (tertiary/aromatic N) is 1. The van der Waals surface area contributed by atoms with Crippen LogP contribution in [-0.2, 0) is 0 Å².